The third-order valence-electron chi connectivity index (χ3n) is 11.8. The van der Waals surface area contributed by atoms with Crippen LogP contribution in [0.1, 0.15) is 64.2 Å². The van der Waals surface area contributed by atoms with Gasteiger partial charge in [-0.25, -0.2) is 14.8 Å². The lowest BCUT2D eigenvalue weighted by Crippen LogP contribution is -2.54. The van der Waals surface area contributed by atoms with E-state index in [9.17, 15) is 46.7 Å². The molecule has 5 heterocycles. The van der Waals surface area contributed by atoms with Gasteiger partial charge in [0.05, 0.1) is 45.7 Å². The van der Waals surface area contributed by atoms with E-state index in [1.165, 1.54) is 36.5 Å². The summed E-state index contributed by atoms with van der Waals surface area (Å²) in [5.41, 5.74) is 2.16. The van der Waals surface area contributed by atoms with E-state index < -0.39 is 66.3 Å². The van der Waals surface area contributed by atoms with Crippen LogP contribution >= 0.6 is 0 Å². The predicted molar refractivity (Wildman–Crippen MR) is 250 cm³/mol. The number of alkyl halides is 3. The van der Waals surface area contributed by atoms with E-state index in [-0.39, 0.29) is 77.0 Å². The molecule has 5 aromatic rings. The molecule has 4 N–H and O–H groups in total. The van der Waals surface area contributed by atoms with E-state index in [2.05, 4.69) is 32.8 Å². The van der Waals surface area contributed by atoms with Crippen molar-refractivity contribution < 1.29 is 56.2 Å². The number of aromatic nitrogens is 3. The first-order chi connectivity index (χ1) is 33.4. The molecule has 0 spiro atoms. The monoisotopic (exact) mass is 964 g/mol. The van der Waals surface area contributed by atoms with Crippen LogP contribution < -0.4 is 30.9 Å². The Labute approximate surface area is 398 Å². The summed E-state index contributed by atoms with van der Waals surface area (Å²) in [5, 5.41) is 11.3. The molecule has 2 aromatic heterocycles. The van der Waals surface area contributed by atoms with Crippen LogP contribution in [0.25, 0.3) is 22.2 Å². The molecule has 1 atom stereocenters. The molecule has 0 aliphatic carbocycles. The highest BCUT2D eigenvalue weighted by Gasteiger charge is 2.46. The van der Waals surface area contributed by atoms with Crippen molar-refractivity contribution in [1.82, 2.24) is 29.7 Å². The molecule has 3 aromatic carbocycles. The van der Waals surface area contributed by atoms with E-state index in [0.717, 1.165) is 21.9 Å². The Bertz CT molecular complexity index is 2960. The highest BCUT2D eigenvalue weighted by atomic mass is 19.4. The normalized spacial score (nSPS) is 16.3. The van der Waals surface area contributed by atoms with E-state index in [0.29, 0.717) is 37.4 Å². The number of benzene rings is 3. The number of aryl methyl sites for hydroxylation is 1. The number of piperazine rings is 1. The van der Waals surface area contributed by atoms with Gasteiger partial charge in [-0.3, -0.25) is 43.9 Å². The van der Waals surface area contributed by atoms with Gasteiger partial charge in [0.25, 0.3) is 11.8 Å². The molecule has 19 nitrogen and oxygen atoms in total. The summed E-state index contributed by atoms with van der Waals surface area (Å²) in [6.45, 7) is 6.90. The molecule has 8 rings (SSSR count). The van der Waals surface area contributed by atoms with Gasteiger partial charge in [0.15, 0.2) is 6.61 Å². The Kier molecular flexibility index (Phi) is 13.7. The lowest BCUT2D eigenvalue weighted by Gasteiger charge is -2.37. The first-order valence-electron chi connectivity index (χ1n) is 22.2. The van der Waals surface area contributed by atoms with Crippen molar-refractivity contribution in [3.63, 3.8) is 0 Å². The zero-order valence-corrected chi connectivity index (χ0v) is 38.1. The number of hydrogen-bond donors (Lipinski definition) is 4. The van der Waals surface area contributed by atoms with Crippen molar-refractivity contribution in [3.8, 4) is 17.0 Å². The Morgan fingerprint density at radius 3 is 2.41 bits per heavy atom. The maximum Gasteiger partial charge on any atom is 0.422 e. The van der Waals surface area contributed by atoms with Crippen LogP contribution in [0, 0.1) is 0 Å². The quantitative estimate of drug-likeness (QED) is 0.0573. The number of rotatable bonds is 15. The average Bonchev–Trinajstić information content (AvgIpc) is 3.79. The van der Waals surface area contributed by atoms with Crippen molar-refractivity contribution >= 4 is 81.0 Å². The maximum atomic E-state index is 13.7. The molecule has 6 amide bonds. The van der Waals surface area contributed by atoms with Gasteiger partial charge in [-0.15, -0.1) is 0 Å². The van der Waals surface area contributed by atoms with E-state index in [4.69, 9.17) is 14.5 Å². The summed E-state index contributed by atoms with van der Waals surface area (Å²) in [5.74, 6) is -4.86. The number of halogens is 3. The van der Waals surface area contributed by atoms with Crippen molar-refractivity contribution in [2.45, 2.75) is 51.4 Å². The van der Waals surface area contributed by atoms with E-state index in [1.807, 2.05) is 45.7 Å². The minimum absolute atomic E-state index is 0.0156. The molecule has 0 saturated carbocycles. The van der Waals surface area contributed by atoms with Crippen LogP contribution in [0.5, 0.6) is 5.75 Å². The second-order valence-corrected chi connectivity index (χ2v) is 17.0. The molecule has 2 fully saturated rings. The lowest BCUT2D eigenvalue weighted by atomic mass is 10.0. The van der Waals surface area contributed by atoms with Crippen LogP contribution in [0.3, 0.4) is 0 Å². The fraction of sp³-hybridized carbons (Fsp3) is 0.312. The Morgan fingerprint density at radius 1 is 0.943 bits per heavy atom. The summed E-state index contributed by atoms with van der Waals surface area (Å²) in [6, 6.07) is 13.4. The van der Waals surface area contributed by atoms with Crippen molar-refractivity contribution in [2.75, 3.05) is 60.2 Å². The molecule has 70 heavy (non-hydrogen) atoms. The molecule has 2 saturated heterocycles. The number of nitrogens with one attached hydrogen (secondary N) is 4. The Morgan fingerprint density at radius 2 is 1.70 bits per heavy atom. The number of piperidine rings is 1. The van der Waals surface area contributed by atoms with Crippen LogP contribution in [-0.2, 0) is 31.0 Å². The molecular formula is C48H47F3N10O9. The number of amides is 6. The van der Waals surface area contributed by atoms with Crippen LogP contribution in [-0.4, -0.2) is 123 Å². The average molecular weight is 965 g/mol. The fourth-order valence-corrected chi connectivity index (χ4v) is 8.52. The van der Waals surface area contributed by atoms with Gasteiger partial charge in [0.1, 0.15) is 17.4 Å². The number of carbonyl (C=O) groups excluding carboxylic acids is 7. The standard InChI is InChI=1S/C48H47F3N10O9/c1-5-38(62)54-32-21-33(55-47-52-23-29(46(68)70-26(2)3)42(57-47)30-24-58(4)34-12-7-6-9-27(30)34)37(69-25-48(49,50)51)22-36(32)60-19-17-59(18-20-60)16-15-40(64)53-31-11-8-10-28-41(31)45(67)61(44(28)66)35-13-14-39(63)56-43(35)65/h5-12,21-24,26,35H,1,13-20,25H2,2-4H3,(H,53,64)(H,54,62)(H,52,55,57)(H,56,63,65). The molecule has 3 aliphatic rings. The van der Waals surface area contributed by atoms with Crippen LogP contribution in [0.15, 0.2) is 79.6 Å². The first kappa shape index (κ1) is 48.3. The summed E-state index contributed by atoms with van der Waals surface area (Å²) >= 11 is 0. The van der Waals surface area contributed by atoms with Gasteiger partial charge in [0, 0.05) is 87.5 Å². The zero-order chi connectivity index (χ0) is 50.0. The fourth-order valence-electron chi connectivity index (χ4n) is 8.52. The molecule has 0 bridgehead atoms. The predicted octanol–water partition coefficient (Wildman–Crippen LogP) is 5.56. The van der Waals surface area contributed by atoms with Gasteiger partial charge in [-0.1, -0.05) is 30.8 Å². The van der Waals surface area contributed by atoms with Crippen molar-refractivity contribution in [2.24, 2.45) is 7.05 Å². The minimum atomic E-state index is -4.73. The molecule has 22 heteroatoms. The van der Waals surface area contributed by atoms with E-state index in [1.54, 1.807) is 20.0 Å². The zero-order valence-electron chi connectivity index (χ0n) is 38.1. The van der Waals surface area contributed by atoms with Gasteiger partial charge in [0.2, 0.25) is 29.6 Å². The first-order valence-corrected chi connectivity index (χ1v) is 22.2. The second kappa shape index (κ2) is 19.8. The van der Waals surface area contributed by atoms with Crippen LogP contribution in [0.2, 0.25) is 0 Å². The summed E-state index contributed by atoms with van der Waals surface area (Å²) in [6.07, 6.45) is -1.20. The summed E-state index contributed by atoms with van der Waals surface area (Å²) < 4.78 is 54.0. The highest BCUT2D eigenvalue weighted by Crippen LogP contribution is 2.41. The largest absolute Gasteiger partial charge is 0.482 e. The van der Waals surface area contributed by atoms with Gasteiger partial charge < -0.3 is 34.9 Å². The van der Waals surface area contributed by atoms with Gasteiger partial charge >= 0.3 is 12.1 Å². The van der Waals surface area contributed by atoms with Crippen molar-refractivity contribution in [1.29, 1.82) is 0 Å². The molecule has 1 unspecified atom stereocenters. The number of nitrogens with zero attached hydrogens (tertiary/aromatic N) is 6. The molecule has 3 aliphatic heterocycles. The summed E-state index contributed by atoms with van der Waals surface area (Å²) in [7, 11) is 1.83. The van der Waals surface area contributed by atoms with Crippen LogP contribution in [0.4, 0.5) is 41.9 Å². The molecular weight excluding hydrogens is 918 g/mol. The van der Waals surface area contributed by atoms with Gasteiger partial charge in [-0.05, 0) is 50.6 Å². The topological polar surface area (TPSA) is 226 Å². The van der Waals surface area contributed by atoms with Gasteiger partial charge in [-0.2, -0.15) is 13.2 Å². The second-order valence-electron chi connectivity index (χ2n) is 17.0. The number of ether oxygens (including phenoxy) is 2. The number of carbonyl (C=O) groups is 7. The number of anilines is 5. The number of imide groups is 2. The number of para-hydroxylation sites is 1. The maximum absolute atomic E-state index is 13.7. The molecule has 0 radical (unpaired) electrons. The smallest absolute Gasteiger partial charge is 0.422 e. The minimum Gasteiger partial charge on any atom is -0.482 e. The SMILES string of the molecule is C=CC(=O)Nc1cc(Nc2ncc(C(=O)OC(C)C)c(-c3cn(C)c4ccccc34)n2)c(OCC(F)(F)F)cc1N1CCN(CCC(=O)Nc2cccc3c2C(=O)N(C2CCC(=O)NC2=O)C3=O)CC1. The Balaban J connectivity index is 1.00. The summed E-state index contributed by atoms with van der Waals surface area (Å²) in [4.78, 5) is 104. The third kappa shape index (κ3) is 10.3. The lowest BCUT2D eigenvalue weighted by molar-refractivity contribution is -0.153. The number of fused-ring (bicyclic) bond motifs is 2. The number of esters is 1. The number of hydrogen-bond acceptors (Lipinski definition) is 14. The highest BCUT2D eigenvalue weighted by molar-refractivity contribution is 6.26. The van der Waals surface area contributed by atoms with Crippen molar-refractivity contribution in [3.05, 3.63) is 96.3 Å². The molecule has 364 valence electrons. The Hall–Kier alpha value is -8.14. The third-order valence-corrected chi connectivity index (χ3v) is 11.8. The van der Waals surface area contributed by atoms with E-state index >= 15 is 0 Å².